The summed E-state index contributed by atoms with van der Waals surface area (Å²) >= 11 is 4.06. The van der Waals surface area contributed by atoms with Crippen LogP contribution < -0.4 is 10.2 Å². The van der Waals surface area contributed by atoms with Gasteiger partial charge in [0.1, 0.15) is 5.82 Å². The molecule has 27 heavy (non-hydrogen) atoms. The molecule has 1 aliphatic heterocycles. The third-order valence-corrected chi connectivity index (χ3v) is 5.34. The number of amides is 2. The van der Waals surface area contributed by atoms with Crippen LogP contribution in [0.25, 0.3) is 6.08 Å². The zero-order chi connectivity index (χ0) is 19.6. The lowest BCUT2D eigenvalue weighted by Crippen LogP contribution is -2.33. The fourth-order valence-electron chi connectivity index (χ4n) is 2.45. The third kappa shape index (κ3) is 4.51. The summed E-state index contributed by atoms with van der Waals surface area (Å²) in [5, 5.41) is 2.40. The second-order valence-electron chi connectivity index (χ2n) is 6.05. The number of nitrogens with zero attached hydrogens (tertiary/aromatic N) is 2. The van der Waals surface area contributed by atoms with Crippen LogP contribution in [0, 0.1) is 5.82 Å². The molecular weight excluding hydrogens is 433 g/mol. The molecule has 1 saturated heterocycles. The third-order valence-electron chi connectivity index (χ3n) is 3.94. The van der Waals surface area contributed by atoms with Crippen molar-refractivity contribution in [1.82, 2.24) is 4.90 Å². The average Bonchev–Trinajstić information content (AvgIpc) is 2.88. The number of carbonyl (C=O) groups excluding carboxylic acids is 2. The Morgan fingerprint density at radius 3 is 2.52 bits per heavy atom. The van der Waals surface area contributed by atoms with Crippen molar-refractivity contribution in [3.8, 4) is 0 Å². The molecule has 0 spiro atoms. The molecule has 1 heterocycles. The van der Waals surface area contributed by atoms with Gasteiger partial charge in [-0.25, -0.2) is 4.39 Å². The maximum absolute atomic E-state index is 13.9. The Bertz CT molecular complexity index is 916. The van der Waals surface area contributed by atoms with E-state index in [0.717, 1.165) is 27.9 Å². The number of nitrogens with one attached hydrogen (secondary N) is 1. The predicted octanol–water partition coefficient (Wildman–Crippen LogP) is 4.76. The molecular formula is C19H17BrFN3O2S. The number of hydrogen-bond acceptors (Lipinski definition) is 5. The summed E-state index contributed by atoms with van der Waals surface area (Å²) < 4.78 is 14.5. The molecule has 2 aromatic rings. The van der Waals surface area contributed by atoms with E-state index in [9.17, 15) is 14.0 Å². The Kier molecular flexibility index (Phi) is 5.86. The fourth-order valence-corrected chi connectivity index (χ4v) is 3.62. The Balaban J connectivity index is 1.70. The van der Waals surface area contributed by atoms with E-state index in [1.54, 1.807) is 18.2 Å². The number of benzene rings is 2. The summed E-state index contributed by atoms with van der Waals surface area (Å²) in [5.41, 5.74) is 2.10. The molecule has 1 N–H and O–H groups in total. The first-order valence-corrected chi connectivity index (χ1v) is 9.68. The summed E-state index contributed by atoms with van der Waals surface area (Å²) in [4.78, 5) is 28.1. The predicted molar refractivity (Wildman–Crippen MR) is 111 cm³/mol. The number of halogens is 2. The minimum absolute atomic E-state index is 0.0971. The standard InChI is InChI=1S/C19H17BrFN3O2S/c1-23(2)14-6-3-12(4-7-14)9-17-18(25)24(19(26)27-17)11-22-16-8-5-13(20)10-15(16)21/h3-10,22H,11H2,1-2H3. The van der Waals surface area contributed by atoms with Crippen molar-refractivity contribution in [1.29, 1.82) is 0 Å². The quantitative estimate of drug-likeness (QED) is 0.666. The lowest BCUT2D eigenvalue weighted by atomic mass is 10.2. The van der Waals surface area contributed by atoms with Crippen LogP contribution in [0.2, 0.25) is 0 Å². The molecule has 0 unspecified atom stereocenters. The van der Waals surface area contributed by atoms with E-state index in [4.69, 9.17) is 0 Å². The van der Waals surface area contributed by atoms with Crippen LogP contribution in [0.15, 0.2) is 51.8 Å². The molecule has 5 nitrogen and oxygen atoms in total. The van der Waals surface area contributed by atoms with Gasteiger partial charge in [-0.15, -0.1) is 0 Å². The van der Waals surface area contributed by atoms with Crippen molar-refractivity contribution < 1.29 is 14.0 Å². The molecule has 2 aromatic carbocycles. The number of hydrogen-bond donors (Lipinski definition) is 1. The van der Waals surface area contributed by atoms with Crippen LogP contribution >= 0.6 is 27.7 Å². The second kappa shape index (κ2) is 8.14. The largest absolute Gasteiger partial charge is 0.378 e. The molecule has 0 atom stereocenters. The van der Waals surface area contributed by atoms with E-state index in [1.165, 1.54) is 6.07 Å². The minimum Gasteiger partial charge on any atom is -0.378 e. The highest BCUT2D eigenvalue weighted by atomic mass is 79.9. The lowest BCUT2D eigenvalue weighted by Gasteiger charge is -2.15. The average molecular weight is 450 g/mol. The number of thioether (sulfide) groups is 1. The molecule has 0 aliphatic carbocycles. The molecule has 1 aliphatic rings. The van der Waals surface area contributed by atoms with E-state index in [1.807, 2.05) is 43.3 Å². The van der Waals surface area contributed by atoms with E-state index in [0.29, 0.717) is 9.38 Å². The maximum Gasteiger partial charge on any atom is 0.295 e. The summed E-state index contributed by atoms with van der Waals surface area (Å²) in [6.07, 6.45) is 1.69. The SMILES string of the molecule is CN(C)c1ccc(C=C2SC(=O)N(CNc3ccc(Br)cc3F)C2=O)cc1. The van der Waals surface area contributed by atoms with Gasteiger partial charge in [-0.3, -0.25) is 14.5 Å². The van der Waals surface area contributed by atoms with Crippen LogP contribution in [0.4, 0.5) is 20.6 Å². The second-order valence-corrected chi connectivity index (χ2v) is 7.96. The van der Waals surface area contributed by atoms with Crippen molar-refractivity contribution in [2.45, 2.75) is 0 Å². The summed E-state index contributed by atoms with van der Waals surface area (Å²) in [7, 11) is 3.89. The summed E-state index contributed by atoms with van der Waals surface area (Å²) in [5.74, 6) is -0.862. The van der Waals surface area contributed by atoms with Crippen LogP contribution in [-0.4, -0.2) is 36.8 Å². The van der Waals surface area contributed by atoms with E-state index >= 15 is 0 Å². The van der Waals surface area contributed by atoms with Gasteiger partial charge in [0, 0.05) is 24.3 Å². The van der Waals surface area contributed by atoms with E-state index in [2.05, 4.69) is 21.2 Å². The Morgan fingerprint density at radius 1 is 1.19 bits per heavy atom. The van der Waals surface area contributed by atoms with Crippen molar-refractivity contribution in [2.24, 2.45) is 0 Å². The van der Waals surface area contributed by atoms with Gasteiger partial charge in [0.25, 0.3) is 11.1 Å². The van der Waals surface area contributed by atoms with Gasteiger partial charge in [0.15, 0.2) is 0 Å². The van der Waals surface area contributed by atoms with Gasteiger partial charge >= 0.3 is 0 Å². The van der Waals surface area contributed by atoms with Gasteiger partial charge in [0.05, 0.1) is 17.3 Å². The minimum atomic E-state index is -0.465. The highest BCUT2D eigenvalue weighted by Gasteiger charge is 2.34. The van der Waals surface area contributed by atoms with Gasteiger partial charge in [-0.05, 0) is 53.7 Å². The highest BCUT2D eigenvalue weighted by molar-refractivity contribution is 9.10. The maximum atomic E-state index is 13.9. The smallest absolute Gasteiger partial charge is 0.295 e. The number of anilines is 2. The Labute approximate surface area is 169 Å². The van der Waals surface area contributed by atoms with E-state index < -0.39 is 11.7 Å². The van der Waals surface area contributed by atoms with E-state index in [-0.39, 0.29) is 17.6 Å². The van der Waals surface area contributed by atoms with Gasteiger partial charge in [-0.1, -0.05) is 28.1 Å². The van der Waals surface area contributed by atoms with Gasteiger partial charge in [-0.2, -0.15) is 0 Å². The summed E-state index contributed by atoms with van der Waals surface area (Å²) in [6, 6.07) is 12.2. The van der Waals surface area contributed by atoms with Crippen molar-refractivity contribution in [3.05, 3.63) is 63.2 Å². The van der Waals surface area contributed by atoms with Crippen LogP contribution in [-0.2, 0) is 4.79 Å². The molecule has 0 aromatic heterocycles. The molecule has 0 saturated carbocycles. The summed E-state index contributed by atoms with van der Waals surface area (Å²) in [6.45, 7) is -0.0971. The number of imide groups is 1. The van der Waals surface area contributed by atoms with Crippen LogP contribution in [0.5, 0.6) is 0 Å². The monoisotopic (exact) mass is 449 g/mol. The van der Waals surface area contributed by atoms with Crippen LogP contribution in [0.1, 0.15) is 5.56 Å². The van der Waals surface area contributed by atoms with Crippen molar-refractivity contribution in [2.75, 3.05) is 31.0 Å². The first-order valence-electron chi connectivity index (χ1n) is 8.07. The van der Waals surface area contributed by atoms with Gasteiger partial charge in [0.2, 0.25) is 0 Å². The lowest BCUT2D eigenvalue weighted by molar-refractivity contribution is -0.122. The van der Waals surface area contributed by atoms with Gasteiger partial charge < -0.3 is 10.2 Å². The molecule has 0 radical (unpaired) electrons. The molecule has 2 amide bonds. The molecule has 8 heteroatoms. The molecule has 140 valence electrons. The first kappa shape index (κ1) is 19.4. The zero-order valence-electron chi connectivity index (χ0n) is 14.7. The fraction of sp³-hybridized carbons (Fsp3) is 0.158. The Hall–Kier alpha value is -2.32. The molecule has 1 fully saturated rings. The highest BCUT2D eigenvalue weighted by Crippen LogP contribution is 2.32. The Morgan fingerprint density at radius 2 is 1.89 bits per heavy atom. The van der Waals surface area contributed by atoms with Crippen molar-refractivity contribution in [3.63, 3.8) is 0 Å². The number of carbonyl (C=O) groups is 2. The number of rotatable bonds is 5. The molecule has 3 rings (SSSR count). The topological polar surface area (TPSA) is 52.7 Å². The zero-order valence-corrected chi connectivity index (χ0v) is 17.1. The molecule has 0 bridgehead atoms. The van der Waals surface area contributed by atoms with Crippen molar-refractivity contribution >= 4 is 56.3 Å². The van der Waals surface area contributed by atoms with Crippen LogP contribution in [0.3, 0.4) is 0 Å². The first-order chi connectivity index (χ1) is 12.8. The normalized spacial score (nSPS) is 15.6.